The molecule has 4 nitrogen and oxygen atoms in total. The summed E-state index contributed by atoms with van der Waals surface area (Å²) in [4.78, 5) is 20.1. The van der Waals surface area contributed by atoms with E-state index in [0.29, 0.717) is 18.9 Å². The standard InChI is InChI=1S/C24H30N2O2S/c1-3-22(25-4-2)21-9-5-6-10-23(21)28-16-13-19-11-14-26(15-12-19)24(27)18-20-8-7-17-29-20/h3-10,17,19H,11-16,18H2,1-2H3. The maximum Gasteiger partial charge on any atom is 0.227 e. The van der Waals surface area contributed by atoms with Crippen molar-refractivity contribution in [3.8, 4) is 5.75 Å². The van der Waals surface area contributed by atoms with E-state index < -0.39 is 0 Å². The van der Waals surface area contributed by atoms with Crippen molar-refractivity contribution in [3.05, 3.63) is 58.3 Å². The second-order valence-corrected chi connectivity index (χ2v) is 8.31. The largest absolute Gasteiger partial charge is 0.493 e. The molecule has 1 aliphatic rings. The molecule has 1 aromatic carbocycles. The molecule has 0 spiro atoms. The first-order valence-corrected chi connectivity index (χ1v) is 11.3. The SMILES string of the molecule is CC=NC(=CC)c1ccccc1OCCC1CCN(C(=O)Cc2cccs2)CC1. The fraction of sp³-hybridized carbons (Fsp3) is 0.417. The van der Waals surface area contributed by atoms with Gasteiger partial charge in [0.1, 0.15) is 5.75 Å². The van der Waals surface area contributed by atoms with Gasteiger partial charge in [-0.2, -0.15) is 0 Å². The van der Waals surface area contributed by atoms with Gasteiger partial charge in [0, 0.05) is 29.7 Å². The molecule has 1 fully saturated rings. The maximum atomic E-state index is 12.4. The normalized spacial score (nSPS) is 15.8. The molecule has 1 aromatic heterocycles. The van der Waals surface area contributed by atoms with Crippen LogP contribution in [0.2, 0.25) is 0 Å². The first kappa shape index (κ1) is 21.3. The van der Waals surface area contributed by atoms with Crippen LogP contribution in [0.25, 0.3) is 5.70 Å². The van der Waals surface area contributed by atoms with Crippen LogP contribution in [0.15, 0.2) is 52.8 Å². The number of hydrogen-bond acceptors (Lipinski definition) is 4. The Morgan fingerprint density at radius 3 is 2.69 bits per heavy atom. The third kappa shape index (κ3) is 6.04. The monoisotopic (exact) mass is 410 g/mol. The highest BCUT2D eigenvalue weighted by atomic mass is 32.1. The Labute approximate surface area is 177 Å². The lowest BCUT2D eigenvalue weighted by Crippen LogP contribution is -2.39. The molecule has 1 saturated heterocycles. The van der Waals surface area contributed by atoms with Crippen LogP contribution in [0.3, 0.4) is 0 Å². The van der Waals surface area contributed by atoms with Gasteiger partial charge in [0.25, 0.3) is 0 Å². The predicted octanol–water partition coefficient (Wildman–Crippen LogP) is 5.45. The second kappa shape index (κ2) is 11.0. The van der Waals surface area contributed by atoms with E-state index in [-0.39, 0.29) is 5.91 Å². The number of carbonyl (C=O) groups excluding carboxylic acids is 1. The minimum absolute atomic E-state index is 0.256. The minimum Gasteiger partial charge on any atom is -0.493 e. The molecule has 0 bridgehead atoms. The minimum atomic E-state index is 0.256. The lowest BCUT2D eigenvalue weighted by atomic mass is 9.93. The number of thiophene rings is 1. The number of nitrogens with zero attached hydrogens (tertiary/aromatic N) is 2. The van der Waals surface area contributed by atoms with Crippen molar-refractivity contribution in [2.24, 2.45) is 10.9 Å². The first-order valence-electron chi connectivity index (χ1n) is 10.4. The van der Waals surface area contributed by atoms with E-state index in [2.05, 4.69) is 11.1 Å². The number of rotatable bonds is 8. The lowest BCUT2D eigenvalue weighted by Gasteiger charge is -2.32. The summed E-state index contributed by atoms with van der Waals surface area (Å²) in [6.07, 6.45) is 7.48. The highest BCUT2D eigenvalue weighted by Gasteiger charge is 2.23. The molecule has 0 aliphatic carbocycles. The third-order valence-corrected chi connectivity index (χ3v) is 6.24. The Bertz CT molecular complexity index is 834. The van der Waals surface area contributed by atoms with Crippen molar-refractivity contribution in [1.82, 2.24) is 4.90 Å². The smallest absolute Gasteiger partial charge is 0.227 e. The van der Waals surface area contributed by atoms with Crippen molar-refractivity contribution >= 4 is 29.2 Å². The summed E-state index contributed by atoms with van der Waals surface area (Å²) in [6, 6.07) is 12.1. The van der Waals surface area contributed by atoms with Crippen LogP contribution in [0.4, 0.5) is 0 Å². The van der Waals surface area contributed by atoms with Gasteiger partial charge >= 0.3 is 0 Å². The van der Waals surface area contributed by atoms with E-state index in [1.165, 1.54) is 0 Å². The number of likely N-dealkylation sites (tertiary alicyclic amines) is 1. The van der Waals surface area contributed by atoms with Gasteiger partial charge in [-0.25, -0.2) is 0 Å². The number of aliphatic imine (C=N–C) groups is 1. The molecule has 5 heteroatoms. The van der Waals surface area contributed by atoms with Crippen molar-refractivity contribution in [2.45, 2.75) is 39.5 Å². The van der Waals surface area contributed by atoms with E-state index in [1.54, 1.807) is 17.6 Å². The second-order valence-electron chi connectivity index (χ2n) is 7.27. The van der Waals surface area contributed by atoms with Crippen LogP contribution < -0.4 is 4.74 Å². The van der Waals surface area contributed by atoms with Gasteiger partial charge in [-0.3, -0.25) is 9.79 Å². The Morgan fingerprint density at radius 2 is 2.00 bits per heavy atom. The average Bonchev–Trinajstić information content (AvgIpc) is 3.26. The fourth-order valence-corrected chi connectivity index (χ4v) is 4.42. The van der Waals surface area contributed by atoms with Gasteiger partial charge in [0.15, 0.2) is 0 Å². The molecule has 0 radical (unpaired) electrons. The van der Waals surface area contributed by atoms with Crippen LogP contribution in [0, 0.1) is 5.92 Å². The zero-order valence-corrected chi connectivity index (χ0v) is 18.2. The van der Waals surface area contributed by atoms with Crippen LogP contribution in [0.5, 0.6) is 5.75 Å². The van der Waals surface area contributed by atoms with E-state index in [1.807, 2.05) is 60.5 Å². The van der Waals surface area contributed by atoms with Crippen molar-refractivity contribution in [2.75, 3.05) is 19.7 Å². The topological polar surface area (TPSA) is 41.9 Å². The van der Waals surface area contributed by atoms with Gasteiger partial charge in [-0.05, 0) is 62.6 Å². The number of hydrogen-bond donors (Lipinski definition) is 0. The summed E-state index contributed by atoms with van der Waals surface area (Å²) in [5, 5.41) is 2.03. The molecule has 2 aromatic rings. The van der Waals surface area contributed by atoms with E-state index in [9.17, 15) is 4.79 Å². The molecule has 0 N–H and O–H groups in total. The number of piperidine rings is 1. The molecular weight excluding hydrogens is 380 g/mol. The Kier molecular flexibility index (Phi) is 8.05. The summed E-state index contributed by atoms with van der Waals surface area (Å²) in [7, 11) is 0. The van der Waals surface area contributed by atoms with Crippen LogP contribution in [0.1, 0.15) is 43.6 Å². The first-order chi connectivity index (χ1) is 14.2. The quantitative estimate of drug-likeness (QED) is 0.543. The lowest BCUT2D eigenvalue weighted by molar-refractivity contribution is -0.131. The Hall–Kier alpha value is -2.40. The Morgan fingerprint density at radius 1 is 1.21 bits per heavy atom. The van der Waals surface area contributed by atoms with E-state index >= 15 is 0 Å². The van der Waals surface area contributed by atoms with E-state index in [4.69, 9.17) is 4.74 Å². The Balaban J connectivity index is 1.45. The molecule has 1 amide bonds. The highest BCUT2D eigenvalue weighted by Crippen LogP contribution is 2.28. The van der Waals surface area contributed by atoms with Gasteiger partial charge in [-0.1, -0.05) is 24.3 Å². The summed E-state index contributed by atoms with van der Waals surface area (Å²) >= 11 is 1.66. The van der Waals surface area contributed by atoms with Gasteiger partial charge in [0.05, 0.1) is 18.7 Å². The average molecular weight is 411 g/mol. The summed E-state index contributed by atoms with van der Waals surface area (Å²) in [5.74, 6) is 1.75. The molecule has 0 unspecified atom stereocenters. The molecule has 29 heavy (non-hydrogen) atoms. The van der Waals surface area contributed by atoms with Crippen LogP contribution in [-0.4, -0.2) is 36.7 Å². The molecule has 154 valence electrons. The third-order valence-electron chi connectivity index (χ3n) is 5.36. The summed E-state index contributed by atoms with van der Waals surface area (Å²) < 4.78 is 6.12. The predicted molar refractivity (Wildman–Crippen MR) is 122 cm³/mol. The van der Waals surface area contributed by atoms with Crippen molar-refractivity contribution in [1.29, 1.82) is 0 Å². The van der Waals surface area contributed by atoms with Gasteiger partial charge in [-0.15, -0.1) is 11.3 Å². The fourth-order valence-electron chi connectivity index (χ4n) is 3.72. The highest BCUT2D eigenvalue weighted by molar-refractivity contribution is 7.10. The van der Waals surface area contributed by atoms with E-state index in [0.717, 1.165) is 54.2 Å². The van der Waals surface area contributed by atoms with Crippen molar-refractivity contribution in [3.63, 3.8) is 0 Å². The molecule has 2 heterocycles. The number of amides is 1. The zero-order valence-electron chi connectivity index (χ0n) is 17.3. The number of para-hydroxylation sites is 1. The molecular formula is C24H30N2O2S. The van der Waals surface area contributed by atoms with Gasteiger partial charge in [0.2, 0.25) is 5.91 Å². The summed E-state index contributed by atoms with van der Waals surface area (Å²) in [6.45, 7) is 6.33. The number of benzene rings is 1. The van der Waals surface area contributed by atoms with Crippen LogP contribution in [-0.2, 0) is 11.2 Å². The number of ether oxygens (including phenoxy) is 1. The molecule has 1 aliphatic heterocycles. The maximum absolute atomic E-state index is 12.4. The molecule has 0 atom stereocenters. The van der Waals surface area contributed by atoms with Crippen molar-refractivity contribution < 1.29 is 9.53 Å². The van der Waals surface area contributed by atoms with Gasteiger partial charge < -0.3 is 9.64 Å². The zero-order chi connectivity index (χ0) is 20.5. The molecule has 0 saturated carbocycles. The molecule has 3 rings (SSSR count). The summed E-state index contributed by atoms with van der Waals surface area (Å²) in [5.41, 5.74) is 1.96. The number of allylic oxidation sites excluding steroid dienone is 1. The van der Waals surface area contributed by atoms with Crippen LogP contribution >= 0.6 is 11.3 Å². The number of carbonyl (C=O) groups is 1.